The van der Waals surface area contributed by atoms with E-state index in [2.05, 4.69) is 29.4 Å². The first kappa shape index (κ1) is 16.5. The topological polar surface area (TPSA) is 12.0 Å². The largest absolute Gasteiger partial charge is 0.351 e. The molecule has 0 atom stereocenters. The highest BCUT2D eigenvalue weighted by Crippen LogP contribution is 2.44. The summed E-state index contributed by atoms with van der Waals surface area (Å²) in [5, 5.41) is 6.79. The van der Waals surface area contributed by atoms with Gasteiger partial charge in [-0.15, -0.1) is 0 Å². The smallest absolute Gasteiger partial charge is 0.0903 e. The standard InChI is InChI=1S/C18H14Cl2NPS/c19-17-12-11-14(13-18(17)20)21-22(23,15-7-3-1-4-8-15)16-9-5-2-6-10-16/h1-13H,(H,21,23). The van der Waals surface area contributed by atoms with E-state index in [4.69, 9.17) is 35.0 Å². The quantitative estimate of drug-likeness (QED) is 0.606. The normalized spacial score (nSPS) is 11.2. The van der Waals surface area contributed by atoms with Crippen LogP contribution in [0.25, 0.3) is 0 Å². The first-order valence-electron chi connectivity index (χ1n) is 7.04. The molecule has 3 rings (SSSR count). The van der Waals surface area contributed by atoms with Gasteiger partial charge >= 0.3 is 0 Å². The third-order valence-electron chi connectivity index (χ3n) is 3.45. The molecule has 0 unspecified atom stereocenters. The number of hydrogen-bond donors (Lipinski definition) is 1. The Morgan fingerprint density at radius 3 is 1.70 bits per heavy atom. The van der Waals surface area contributed by atoms with Crippen LogP contribution in [-0.4, -0.2) is 0 Å². The minimum atomic E-state index is -2.20. The molecule has 116 valence electrons. The third-order valence-corrected chi connectivity index (χ3v) is 8.35. The lowest BCUT2D eigenvalue weighted by Gasteiger charge is -2.26. The van der Waals surface area contributed by atoms with Gasteiger partial charge in [0.25, 0.3) is 0 Å². The third kappa shape index (κ3) is 3.62. The number of rotatable bonds is 4. The van der Waals surface area contributed by atoms with E-state index in [9.17, 15) is 0 Å². The minimum absolute atomic E-state index is 0.513. The van der Waals surface area contributed by atoms with Crippen LogP contribution in [0.2, 0.25) is 10.0 Å². The molecule has 0 bridgehead atoms. The maximum Gasteiger partial charge on any atom is 0.0903 e. The second-order valence-electron chi connectivity index (χ2n) is 5.02. The average Bonchev–Trinajstić information content (AvgIpc) is 2.60. The maximum absolute atomic E-state index is 6.14. The number of nitrogens with one attached hydrogen (secondary N) is 1. The van der Waals surface area contributed by atoms with Crippen LogP contribution in [0.1, 0.15) is 0 Å². The van der Waals surface area contributed by atoms with Crippen molar-refractivity contribution in [3.63, 3.8) is 0 Å². The van der Waals surface area contributed by atoms with Crippen LogP contribution < -0.4 is 15.7 Å². The molecule has 0 saturated carbocycles. The van der Waals surface area contributed by atoms with Gasteiger partial charge in [0.2, 0.25) is 0 Å². The van der Waals surface area contributed by atoms with Gasteiger partial charge in [0, 0.05) is 16.3 Å². The van der Waals surface area contributed by atoms with Gasteiger partial charge in [-0.2, -0.15) is 0 Å². The fraction of sp³-hybridized carbons (Fsp3) is 0. The van der Waals surface area contributed by atoms with Crippen molar-refractivity contribution in [2.75, 3.05) is 5.09 Å². The Labute approximate surface area is 151 Å². The molecular weight excluding hydrogens is 364 g/mol. The average molecular weight is 378 g/mol. The van der Waals surface area contributed by atoms with Crippen LogP contribution in [0.5, 0.6) is 0 Å². The molecular formula is C18H14Cl2NPS. The second kappa shape index (κ2) is 7.07. The van der Waals surface area contributed by atoms with E-state index in [1.165, 1.54) is 0 Å². The highest BCUT2D eigenvalue weighted by molar-refractivity contribution is 8.22. The molecule has 0 fully saturated rings. The van der Waals surface area contributed by atoms with Crippen LogP contribution in [0.4, 0.5) is 5.69 Å². The second-order valence-corrected chi connectivity index (χ2v) is 9.95. The molecule has 5 heteroatoms. The highest BCUT2D eigenvalue weighted by atomic mass is 35.5. The molecule has 3 aromatic rings. The molecule has 0 aliphatic rings. The Morgan fingerprint density at radius 1 is 0.696 bits per heavy atom. The lowest BCUT2D eigenvalue weighted by atomic mass is 10.3. The van der Waals surface area contributed by atoms with Crippen molar-refractivity contribution in [3.8, 4) is 0 Å². The first-order valence-corrected chi connectivity index (χ1v) is 10.6. The molecule has 0 amide bonds. The molecule has 0 aliphatic heterocycles. The lowest BCUT2D eigenvalue weighted by Crippen LogP contribution is -2.21. The zero-order chi connectivity index (χ0) is 16.3. The van der Waals surface area contributed by atoms with E-state index in [1.807, 2.05) is 48.5 Å². The SMILES string of the molecule is S=P(Nc1ccc(Cl)c(Cl)c1)(c1ccccc1)c1ccccc1. The van der Waals surface area contributed by atoms with Crippen molar-refractivity contribution < 1.29 is 0 Å². The highest BCUT2D eigenvalue weighted by Gasteiger charge is 2.22. The van der Waals surface area contributed by atoms with E-state index in [0.29, 0.717) is 10.0 Å². The summed E-state index contributed by atoms with van der Waals surface area (Å²) in [6, 6.07) is 25.8. The zero-order valence-electron chi connectivity index (χ0n) is 12.1. The van der Waals surface area contributed by atoms with Crippen LogP contribution >= 0.6 is 29.4 Å². The molecule has 0 aromatic heterocycles. The summed E-state index contributed by atoms with van der Waals surface area (Å²) < 4.78 is 0. The van der Waals surface area contributed by atoms with Crippen LogP contribution in [-0.2, 0) is 11.8 Å². The molecule has 0 heterocycles. The molecule has 0 saturated heterocycles. The van der Waals surface area contributed by atoms with Crippen LogP contribution in [0.3, 0.4) is 0 Å². The monoisotopic (exact) mass is 377 g/mol. The molecule has 1 nitrogen and oxygen atoms in total. The van der Waals surface area contributed by atoms with Crippen molar-refractivity contribution in [1.29, 1.82) is 0 Å². The number of anilines is 1. The summed E-state index contributed by atoms with van der Waals surface area (Å²) in [4.78, 5) is 0. The van der Waals surface area contributed by atoms with Crippen molar-refractivity contribution >= 4 is 57.5 Å². The van der Waals surface area contributed by atoms with Gasteiger partial charge in [-0.25, -0.2) is 0 Å². The summed E-state index contributed by atoms with van der Waals surface area (Å²) in [5.74, 6) is 0. The van der Waals surface area contributed by atoms with Crippen molar-refractivity contribution in [2.45, 2.75) is 0 Å². The van der Waals surface area contributed by atoms with Gasteiger partial charge in [-0.3, -0.25) is 0 Å². The lowest BCUT2D eigenvalue weighted by molar-refractivity contribution is 1.66. The van der Waals surface area contributed by atoms with Gasteiger partial charge in [0.05, 0.1) is 16.2 Å². The van der Waals surface area contributed by atoms with E-state index < -0.39 is 6.19 Å². The van der Waals surface area contributed by atoms with Gasteiger partial charge < -0.3 is 5.09 Å². The Balaban J connectivity index is 2.09. The van der Waals surface area contributed by atoms with Crippen molar-refractivity contribution in [2.24, 2.45) is 0 Å². The summed E-state index contributed by atoms with van der Waals surface area (Å²) in [6.45, 7) is 0. The molecule has 1 N–H and O–H groups in total. The Morgan fingerprint density at radius 2 is 1.22 bits per heavy atom. The molecule has 0 spiro atoms. The van der Waals surface area contributed by atoms with E-state index in [-0.39, 0.29) is 0 Å². The fourth-order valence-electron chi connectivity index (χ4n) is 2.30. The Hall–Kier alpha value is -1.31. The van der Waals surface area contributed by atoms with Crippen molar-refractivity contribution in [1.82, 2.24) is 0 Å². The van der Waals surface area contributed by atoms with E-state index in [0.717, 1.165) is 16.3 Å². The van der Waals surface area contributed by atoms with E-state index >= 15 is 0 Å². The minimum Gasteiger partial charge on any atom is -0.351 e. The van der Waals surface area contributed by atoms with Gasteiger partial charge in [-0.1, -0.05) is 95.7 Å². The predicted octanol–water partition coefficient (Wildman–Crippen LogP) is 5.45. The molecule has 23 heavy (non-hydrogen) atoms. The predicted molar refractivity (Wildman–Crippen MR) is 107 cm³/mol. The number of benzene rings is 3. The van der Waals surface area contributed by atoms with E-state index in [1.54, 1.807) is 6.07 Å². The summed E-state index contributed by atoms with van der Waals surface area (Å²) in [7, 11) is 0. The maximum atomic E-state index is 6.14. The summed E-state index contributed by atoms with van der Waals surface area (Å²) in [5.41, 5.74) is 0.871. The van der Waals surface area contributed by atoms with Crippen LogP contribution in [0.15, 0.2) is 78.9 Å². The molecule has 0 radical (unpaired) electrons. The van der Waals surface area contributed by atoms with Gasteiger partial charge in [0.1, 0.15) is 0 Å². The fourth-order valence-corrected chi connectivity index (χ4v) is 5.89. The van der Waals surface area contributed by atoms with Crippen molar-refractivity contribution in [3.05, 3.63) is 88.9 Å². The Kier molecular flexibility index (Phi) is 5.08. The molecule has 3 aromatic carbocycles. The number of hydrogen-bond acceptors (Lipinski definition) is 1. The summed E-state index contributed by atoms with van der Waals surface area (Å²) in [6.07, 6.45) is -2.20. The Bertz CT molecular complexity index is 810. The van der Waals surface area contributed by atoms with Crippen LogP contribution in [0, 0.1) is 0 Å². The number of halogens is 2. The summed E-state index contributed by atoms with van der Waals surface area (Å²) >= 11 is 18.3. The first-order chi connectivity index (χ1) is 11.1. The van der Waals surface area contributed by atoms with Gasteiger partial charge in [0.15, 0.2) is 0 Å². The zero-order valence-corrected chi connectivity index (χ0v) is 15.3. The molecule has 0 aliphatic carbocycles. The van der Waals surface area contributed by atoms with Gasteiger partial charge in [-0.05, 0) is 18.2 Å².